The number of unbranched alkanes of at least 4 members (excludes halogenated alkanes) is 2. The molecule has 2 rings (SSSR count). The van der Waals surface area contributed by atoms with Gasteiger partial charge in [0, 0.05) is 0 Å². The summed E-state index contributed by atoms with van der Waals surface area (Å²) in [6.07, 6.45) is 9.75. The Bertz CT molecular complexity index is 402. The molecule has 104 valence electrons. The SMILES string of the molecule is CCCCCC(=NO)c1ccc(C2CCCC2)cc1. The van der Waals surface area contributed by atoms with Crippen molar-refractivity contribution in [1.29, 1.82) is 0 Å². The van der Waals surface area contributed by atoms with Gasteiger partial charge >= 0.3 is 0 Å². The van der Waals surface area contributed by atoms with E-state index in [2.05, 4.69) is 36.3 Å². The predicted molar refractivity (Wildman–Crippen MR) is 80.1 cm³/mol. The lowest BCUT2D eigenvalue weighted by Gasteiger charge is -2.11. The van der Waals surface area contributed by atoms with Crippen LogP contribution < -0.4 is 0 Å². The molecule has 1 N–H and O–H groups in total. The van der Waals surface area contributed by atoms with Gasteiger partial charge in [0.25, 0.3) is 0 Å². The molecule has 1 saturated carbocycles. The van der Waals surface area contributed by atoms with E-state index in [1.807, 2.05) is 0 Å². The zero-order valence-electron chi connectivity index (χ0n) is 11.9. The third-order valence-electron chi connectivity index (χ3n) is 4.21. The minimum atomic E-state index is 0.753. The molecule has 1 aliphatic carbocycles. The van der Waals surface area contributed by atoms with Gasteiger partial charge in [-0.25, -0.2) is 0 Å². The highest BCUT2D eigenvalue weighted by molar-refractivity contribution is 6.00. The fraction of sp³-hybridized carbons (Fsp3) is 0.588. The first-order chi connectivity index (χ1) is 9.35. The average Bonchev–Trinajstić information content (AvgIpc) is 2.98. The molecule has 1 aromatic carbocycles. The van der Waals surface area contributed by atoms with Gasteiger partial charge < -0.3 is 5.21 Å². The second-order valence-corrected chi connectivity index (χ2v) is 5.61. The number of hydrogen-bond donors (Lipinski definition) is 1. The molecule has 0 spiro atoms. The number of oxime groups is 1. The van der Waals surface area contributed by atoms with E-state index in [1.54, 1.807) is 0 Å². The number of rotatable bonds is 6. The van der Waals surface area contributed by atoms with Crippen molar-refractivity contribution in [3.63, 3.8) is 0 Å². The lowest BCUT2D eigenvalue weighted by Crippen LogP contribution is -2.02. The monoisotopic (exact) mass is 259 g/mol. The topological polar surface area (TPSA) is 32.6 Å². The highest BCUT2D eigenvalue weighted by Crippen LogP contribution is 2.34. The van der Waals surface area contributed by atoms with E-state index in [1.165, 1.54) is 44.1 Å². The maximum absolute atomic E-state index is 9.15. The molecule has 1 aliphatic rings. The fourth-order valence-electron chi connectivity index (χ4n) is 3.00. The van der Waals surface area contributed by atoms with Crippen LogP contribution in [-0.2, 0) is 0 Å². The van der Waals surface area contributed by atoms with Crippen LogP contribution in [0.5, 0.6) is 0 Å². The molecule has 0 radical (unpaired) electrons. The Morgan fingerprint density at radius 1 is 1.16 bits per heavy atom. The second-order valence-electron chi connectivity index (χ2n) is 5.61. The van der Waals surface area contributed by atoms with Crippen molar-refractivity contribution in [2.75, 3.05) is 0 Å². The quantitative estimate of drug-likeness (QED) is 0.328. The van der Waals surface area contributed by atoms with Crippen LogP contribution in [0.3, 0.4) is 0 Å². The summed E-state index contributed by atoms with van der Waals surface area (Å²) in [6, 6.07) is 8.68. The third-order valence-corrected chi connectivity index (χ3v) is 4.21. The molecule has 0 unspecified atom stereocenters. The van der Waals surface area contributed by atoms with E-state index in [0.29, 0.717) is 0 Å². The van der Waals surface area contributed by atoms with Crippen LogP contribution in [0.15, 0.2) is 29.4 Å². The van der Waals surface area contributed by atoms with E-state index < -0.39 is 0 Å². The largest absolute Gasteiger partial charge is 0.411 e. The van der Waals surface area contributed by atoms with Crippen molar-refractivity contribution < 1.29 is 5.21 Å². The van der Waals surface area contributed by atoms with Crippen molar-refractivity contribution in [3.8, 4) is 0 Å². The van der Waals surface area contributed by atoms with Crippen LogP contribution in [-0.4, -0.2) is 10.9 Å². The molecule has 2 nitrogen and oxygen atoms in total. The molecule has 2 heteroatoms. The smallest absolute Gasteiger partial charge is 0.0867 e. The van der Waals surface area contributed by atoms with E-state index >= 15 is 0 Å². The molecule has 0 saturated heterocycles. The molecule has 1 aromatic rings. The molecular formula is C17H25NO. The highest BCUT2D eigenvalue weighted by atomic mass is 16.4. The van der Waals surface area contributed by atoms with Crippen LogP contribution in [0, 0.1) is 0 Å². The minimum Gasteiger partial charge on any atom is -0.411 e. The Morgan fingerprint density at radius 2 is 1.84 bits per heavy atom. The molecule has 0 aromatic heterocycles. The van der Waals surface area contributed by atoms with Gasteiger partial charge in [0.05, 0.1) is 5.71 Å². The van der Waals surface area contributed by atoms with Gasteiger partial charge in [-0.3, -0.25) is 0 Å². The molecule has 0 bridgehead atoms. The fourth-order valence-corrected chi connectivity index (χ4v) is 3.00. The molecule has 1 fully saturated rings. The minimum absolute atomic E-state index is 0.753. The predicted octanol–water partition coefficient (Wildman–Crippen LogP) is 5.10. The first-order valence-electron chi connectivity index (χ1n) is 7.66. The Kier molecular flexibility index (Phi) is 5.44. The Hall–Kier alpha value is -1.31. The van der Waals surface area contributed by atoms with Crippen LogP contribution in [0.1, 0.15) is 75.3 Å². The summed E-state index contributed by atoms with van der Waals surface area (Å²) in [4.78, 5) is 0. The van der Waals surface area contributed by atoms with E-state index in [0.717, 1.165) is 30.0 Å². The molecule has 0 heterocycles. The summed E-state index contributed by atoms with van der Waals surface area (Å²) in [7, 11) is 0. The van der Waals surface area contributed by atoms with Crippen LogP contribution >= 0.6 is 0 Å². The van der Waals surface area contributed by atoms with Crippen molar-refractivity contribution in [1.82, 2.24) is 0 Å². The number of hydrogen-bond acceptors (Lipinski definition) is 2. The molecule has 0 atom stereocenters. The van der Waals surface area contributed by atoms with E-state index in [9.17, 15) is 0 Å². The molecular weight excluding hydrogens is 234 g/mol. The van der Waals surface area contributed by atoms with Gasteiger partial charge in [-0.05, 0) is 42.7 Å². The summed E-state index contributed by atoms with van der Waals surface area (Å²) in [6.45, 7) is 2.19. The highest BCUT2D eigenvalue weighted by Gasteiger charge is 2.17. The number of benzene rings is 1. The Labute approximate surface area is 116 Å². The van der Waals surface area contributed by atoms with Crippen LogP contribution in [0.25, 0.3) is 0 Å². The standard InChI is InChI=1S/C17H25NO/c1-2-3-4-9-17(18-19)16-12-10-15(11-13-16)14-7-5-6-8-14/h10-14,19H,2-9H2,1H3. The first kappa shape index (κ1) is 14.1. The third kappa shape index (κ3) is 3.82. The first-order valence-corrected chi connectivity index (χ1v) is 7.66. The summed E-state index contributed by atoms with van der Waals surface area (Å²) in [5.41, 5.74) is 3.35. The summed E-state index contributed by atoms with van der Waals surface area (Å²) in [5.74, 6) is 0.753. The van der Waals surface area contributed by atoms with Crippen molar-refractivity contribution in [2.24, 2.45) is 5.16 Å². The number of nitrogens with zero attached hydrogens (tertiary/aromatic N) is 1. The summed E-state index contributed by atoms with van der Waals surface area (Å²) < 4.78 is 0. The molecule has 0 aliphatic heterocycles. The van der Waals surface area contributed by atoms with Gasteiger partial charge in [-0.1, -0.05) is 62.0 Å². The molecule has 0 amide bonds. The van der Waals surface area contributed by atoms with Crippen molar-refractivity contribution >= 4 is 5.71 Å². The van der Waals surface area contributed by atoms with Crippen molar-refractivity contribution in [3.05, 3.63) is 35.4 Å². The normalized spacial score (nSPS) is 17.0. The Morgan fingerprint density at radius 3 is 2.42 bits per heavy atom. The van der Waals surface area contributed by atoms with Crippen LogP contribution in [0.2, 0.25) is 0 Å². The van der Waals surface area contributed by atoms with E-state index in [4.69, 9.17) is 5.21 Å². The zero-order valence-corrected chi connectivity index (χ0v) is 11.9. The second kappa shape index (κ2) is 7.32. The van der Waals surface area contributed by atoms with Gasteiger partial charge in [-0.15, -0.1) is 0 Å². The maximum Gasteiger partial charge on any atom is 0.0867 e. The maximum atomic E-state index is 9.15. The van der Waals surface area contributed by atoms with E-state index in [-0.39, 0.29) is 0 Å². The van der Waals surface area contributed by atoms with Gasteiger partial charge in [0.15, 0.2) is 0 Å². The molecule has 19 heavy (non-hydrogen) atoms. The zero-order chi connectivity index (χ0) is 13.5. The van der Waals surface area contributed by atoms with Crippen LogP contribution in [0.4, 0.5) is 0 Å². The average molecular weight is 259 g/mol. The van der Waals surface area contributed by atoms with Gasteiger partial charge in [-0.2, -0.15) is 0 Å². The van der Waals surface area contributed by atoms with Gasteiger partial charge in [0.1, 0.15) is 0 Å². The van der Waals surface area contributed by atoms with Gasteiger partial charge in [0.2, 0.25) is 0 Å². The Balaban J connectivity index is 1.99. The lowest BCUT2D eigenvalue weighted by atomic mass is 9.95. The summed E-state index contributed by atoms with van der Waals surface area (Å²) >= 11 is 0. The lowest BCUT2D eigenvalue weighted by molar-refractivity contribution is 0.317. The van der Waals surface area contributed by atoms with Crippen molar-refractivity contribution in [2.45, 2.75) is 64.2 Å². The summed E-state index contributed by atoms with van der Waals surface area (Å²) in [5, 5.41) is 12.6.